The number of methoxy groups -OCH3 is 1. The number of halogens is 2. The largest absolute Gasteiger partial charge is 0.468 e. The van der Waals surface area contributed by atoms with Crippen LogP contribution in [0.1, 0.15) is 20.8 Å². The van der Waals surface area contributed by atoms with E-state index >= 15 is 0 Å². The Morgan fingerprint density at radius 3 is 2.09 bits per heavy atom. The molecule has 0 radical (unpaired) electrons. The van der Waals surface area contributed by atoms with Crippen LogP contribution in [0, 0.1) is 5.92 Å². The van der Waals surface area contributed by atoms with Crippen molar-refractivity contribution in [2.24, 2.45) is 5.92 Å². The molecule has 9 nitrogen and oxygen atoms in total. The first-order chi connectivity index (χ1) is 16.4. The monoisotopic (exact) mass is 523 g/mol. The summed E-state index contributed by atoms with van der Waals surface area (Å²) in [5.41, 5.74) is 1.01. The number of carbonyl (C=O) groups is 4. The predicted molar refractivity (Wildman–Crippen MR) is 133 cm³/mol. The Bertz CT molecular complexity index is 1060. The second-order valence-corrected chi connectivity index (χ2v) is 9.22. The molecular formula is C24H27Cl2N3O6. The SMILES string of the molecule is COC(=O)[C@@H](CNC(=O)CNC(=O)OC(C)(C)C)C(=O)Nc1c(Cl)cc(-c2ccccc2)cc1Cl. The molecule has 0 unspecified atom stereocenters. The summed E-state index contributed by atoms with van der Waals surface area (Å²) in [7, 11) is 1.11. The molecule has 0 saturated carbocycles. The fraction of sp³-hybridized carbons (Fsp3) is 0.333. The highest BCUT2D eigenvalue weighted by Gasteiger charge is 2.29. The van der Waals surface area contributed by atoms with E-state index in [-0.39, 0.29) is 22.3 Å². The molecule has 188 valence electrons. The molecule has 0 fully saturated rings. The third-order valence-electron chi connectivity index (χ3n) is 4.50. The van der Waals surface area contributed by atoms with Gasteiger partial charge in [-0.15, -0.1) is 0 Å². The maximum absolute atomic E-state index is 12.8. The Kier molecular flexibility index (Phi) is 9.91. The number of carbonyl (C=O) groups excluding carboxylic acids is 4. The minimum atomic E-state index is -1.40. The van der Waals surface area contributed by atoms with Crippen LogP contribution >= 0.6 is 23.2 Å². The van der Waals surface area contributed by atoms with Crippen LogP contribution in [-0.4, -0.2) is 49.7 Å². The van der Waals surface area contributed by atoms with Gasteiger partial charge in [0.1, 0.15) is 5.60 Å². The summed E-state index contributed by atoms with van der Waals surface area (Å²) in [6, 6.07) is 12.6. The highest BCUT2D eigenvalue weighted by Crippen LogP contribution is 2.36. The Morgan fingerprint density at radius 1 is 0.943 bits per heavy atom. The van der Waals surface area contributed by atoms with E-state index in [1.54, 1.807) is 32.9 Å². The molecule has 0 aromatic heterocycles. The number of hydrogen-bond acceptors (Lipinski definition) is 6. The molecule has 0 heterocycles. The maximum Gasteiger partial charge on any atom is 0.408 e. The fourth-order valence-corrected chi connectivity index (χ4v) is 3.45. The van der Waals surface area contributed by atoms with Gasteiger partial charge in [0.25, 0.3) is 0 Å². The standard InChI is InChI=1S/C24H27Cl2N3O6/c1-24(2,3)35-23(33)28-13-19(30)27-12-16(22(32)34-4)21(31)29-20-17(25)10-15(11-18(20)26)14-8-6-5-7-9-14/h5-11,16H,12-13H2,1-4H3,(H,27,30)(H,28,33)(H,29,31)/t16-/m0/s1. The van der Waals surface area contributed by atoms with Crippen LogP contribution in [0.4, 0.5) is 10.5 Å². The number of hydrogen-bond donors (Lipinski definition) is 3. The van der Waals surface area contributed by atoms with Gasteiger partial charge in [0.2, 0.25) is 11.8 Å². The zero-order chi connectivity index (χ0) is 26.2. The quantitative estimate of drug-likeness (QED) is 0.354. The maximum atomic E-state index is 12.8. The van der Waals surface area contributed by atoms with Crippen molar-refractivity contribution in [3.05, 3.63) is 52.5 Å². The first-order valence-corrected chi connectivity index (χ1v) is 11.3. The smallest absolute Gasteiger partial charge is 0.408 e. The molecule has 0 aliphatic heterocycles. The number of alkyl carbamates (subject to hydrolysis) is 1. The topological polar surface area (TPSA) is 123 Å². The van der Waals surface area contributed by atoms with Gasteiger partial charge in [0.15, 0.2) is 5.92 Å². The van der Waals surface area contributed by atoms with Crippen molar-refractivity contribution in [2.75, 3.05) is 25.5 Å². The van der Waals surface area contributed by atoms with E-state index < -0.39 is 41.9 Å². The van der Waals surface area contributed by atoms with Crippen LogP contribution in [0.5, 0.6) is 0 Å². The second-order valence-electron chi connectivity index (χ2n) is 8.41. The molecule has 0 saturated heterocycles. The summed E-state index contributed by atoms with van der Waals surface area (Å²) in [5.74, 6) is -3.70. The van der Waals surface area contributed by atoms with Crippen LogP contribution < -0.4 is 16.0 Å². The third-order valence-corrected chi connectivity index (χ3v) is 5.09. The number of esters is 1. The van der Waals surface area contributed by atoms with Crippen molar-refractivity contribution in [3.8, 4) is 11.1 Å². The lowest BCUT2D eigenvalue weighted by Gasteiger charge is -2.20. The van der Waals surface area contributed by atoms with E-state index in [9.17, 15) is 19.2 Å². The van der Waals surface area contributed by atoms with Crippen LogP contribution in [-0.2, 0) is 23.9 Å². The van der Waals surface area contributed by atoms with Crippen molar-refractivity contribution in [1.29, 1.82) is 0 Å². The molecule has 11 heteroatoms. The molecule has 0 bridgehead atoms. The van der Waals surface area contributed by atoms with Gasteiger partial charge in [0.05, 0.1) is 29.4 Å². The summed E-state index contributed by atoms with van der Waals surface area (Å²) in [5, 5.41) is 7.55. The number of anilines is 1. The van der Waals surface area contributed by atoms with Crippen LogP contribution in [0.15, 0.2) is 42.5 Å². The molecule has 3 amide bonds. The summed E-state index contributed by atoms with van der Waals surface area (Å²) in [6.07, 6.45) is -0.779. The van der Waals surface area contributed by atoms with Crippen molar-refractivity contribution in [1.82, 2.24) is 10.6 Å². The average Bonchev–Trinajstić information content (AvgIpc) is 2.79. The zero-order valence-corrected chi connectivity index (χ0v) is 21.3. The molecule has 2 rings (SSSR count). The van der Waals surface area contributed by atoms with Gasteiger partial charge in [-0.05, 0) is 44.0 Å². The predicted octanol–water partition coefficient (Wildman–Crippen LogP) is 4.03. The van der Waals surface area contributed by atoms with E-state index in [1.807, 2.05) is 30.3 Å². The highest BCUT2D eigenvalue weighted by molar-refractivity contribution is 6.40. The Morgan fingerprint density at radius 2 is 1.54 bits per heavy atom. The molecule has 0 spiro atoms. The van der Waals surface area contributed by atoms with E-state index in [1.165, 1.54) is 0 Å². The summed E-state index contributed by atoms with van der Waals surface area (Å²) >= 11 is 12.7. The molecule has 3 N–H and O–H groups in total. The average molecular weight is 524 g/mol. The Labute approximate surface area is 213 Å². The van der Waals surface area contributed by atoms with Gasteiger partial charge in [-0.25, -0.2) is 4.79 Å². The van der Waals surface area contributed by atoms with Crippen LogP contribution in [0.2, 0.25) is 10.0 Å². The number of nitrogens with one attached hydrogen (secondary N) is 3. The molecule has 2 aromatic rings. The lowest BCUT2D eigenvalue weighted by atomic mass is 10.0. The van der Waals surface area contributed by atoms with Crippen molar-refractivity contribution >= 4 is 52.8 Å². The van der Waals surface area contributed by atoms with E-state index in [4.69, 9.17) is 27.9 Å². The van der Waals surface area contributed by atoms with Crippen molar-refractivity contribution in [2.45, 2.75) is 26.4 Å². The normalized spacial score (nSPS) is 11.7. The molecule has 0 aliphatic rings. The van der Waals surface area contributed by atoms with E-state index in [2.05, 4.69) is 20.7 Å². The molecule has 0 aliphatic carbocycles. The number of benzene rings is 2. The summed E-state index contributed by atoms with van der Waals surface area (Å²) in [4.78, 5) is 48.8. The van der Waals surface area contributed by atoms with Crippen LogP contribution in [0.25, 0.3) is 11.1 Å². The molecule has 1 atom stereocenters. The van der Waals surface area contributed by atoms with Gasteiger partial charge in [-0.2, -0.15) is 0 Å². The second kappa shape index (κ2) is 12.4. The van der Waals surface area contributed by atoms with Gasteiger partial charge >= 0.3 is 12.1 Å². The first kappa shape index (κ1) is 27.9. The van der Waals surface area contributed by atoms with Gasteiger partial charge < -0.3 is 25.4 Å². The van der Waals surface area contributed by atoms with E-state index in [0.717, 1.165) is 18.2 Å². The lowest BCUT2D eigenvalue weighted by Crippen LogP contribution is -2.44. The number of amides is 3. The summed E-state index contributed by atoms with van der Waals surface area (Å²) in [6.45, 7) is 4.24. The van der Waals surface area contributed by atoms with Crippen molar-refractivity contribution in [3.63, 3.8) is 0 Å². The van der Waals surface area contributed by atoms with Gasteiger partial charge in [-0.3, -0.25) is 14.4 Å². The number of ether oxygens (including phenoxy) is 2. The minimum absolute atomic E-state index is 0.116. The summed E-state index contributed by atoms with van der Waals surface area (Å²) < 4.78 is 9.73. The molecule has 35 heavy (non-hydrogen) atoms. The van der Waals surface area contributed by atoms with Crippen molar-refractivity contribution < 1.29 is 28.7 Å². The number of rotatable bonds is 8. The van der Waals surface area contributed by atoms with Gasteiger partial charge in [0, 0.05) is 6.54 Å². The lowest BCUT2D eigenvalue weighted by molar-refractivity contribution is -0.148. The molecule has 2 aromatic carbocycles. The zero-order valence-electron chi connectivity index (χ0n) is 19.7. The minimum Gasteiger partial charge on any atom is -0.468 e. The Balaban J connectivity index is 2.05. The first-order valence-electron chi connectivity index (χ1n) is 10.6. The molecular weight excluding hydrogens is 497 g/mol. The van der Waals surface area contributed by atoms with Gasteiger partial charge in [-0.1, -0.05) is 53.5 Å². The highest BCUT2D eigenvalue weighted by atomic mass is 35.5. The third kappa shape index (κ3) is 8.77. The Hall–Kier alpha value is -3.30. The van der Waals surface area contributed by atoms with Crippen LogP contribution in [0.3, 0.4) is 0 Å². The van der Waals surface area contributed by atoms with E-state index in [0.29, 0.717) is 0 Å². The fourth-order valence-electron chi connectivity index (χ4n) is 2.87.